The van der Waals surface area contributed by atoms with Gasteiger partial charge in [-0.05, 0) is 31.7 Å². The molecule has 224 valence electrons. The predicted molar refractivity (Wildman–Crippen MR) is 141 cm³/mol. The number of nitro benzene ring substituents is 1. The molecule has 1 aromatic carbocycles. The van der Waals surface area contributed by atoms with Crippen LogP contribution in [0.25, 0.3) is 0 Å². The maximum Gasteiger partial charge on any atom is 0.469 e. The van der Waals surface area contributed by atoms with Gasteiger partial charge in [0.05, 0.1) is 11.5 Å². The Balaban J connectivity index is 0.000000306. The van der Waals surface area contributed by atoms with Crippen LogP contribution in [0.5, 0.6) is 5.75 Å². The van der Waals surface area contributed by atoms with Gasteiger partial charge in [-0.3, -0.25) is 14.6 Å². The Morgan fingerprint density at radius 3 is 1.85 bits per heavy atom. The van der Waals surface area contributed by atoms with Gasteiger partial charge in [0, 0.05) is 18.2 Å². The molecule has 0 spiro atoms. The molecule has 1 aliphatic heterocycles. The number of ether oxygens (including phenoxy) is 2. The average molecular weight is 580 g/mol. The first kappa shape index (κ1) is 33.5. The van der Waals surface area contributed by atoms with Crippen LogP contribution >= 0.6 is 7.82 Å². The van der Waals surface area contributed by atoms with Crippen molar-refractivity contribution in [2.24, 2.45) is 11.5 Å². The van der Waals surface area contributed by atoms with Gasteiger partial charge in [-0.1, -0.05) is 50.7 Å². The van der Waals surface area contributed by atoms with Crippen molar-refractivity contribution in [1.29, 1.82) is 0 Å². The molecule has 0 radical (unpaired) electrons. The quantitative estimate of drug-likeness (QED) is 0.144. The van der Waals surface area contributed by atoms with E-state index in [-0.39, 0.29) is 5.75 Å². The summed E-state index contributed by atoms with van der Waals surface area (Å²) >= 11 is 0. The van der Waals surface area contributed by atoms with Crippen LogP contribution in [0, 0.1) is 10.1 Å². The third-order valence-corrected chi connectivity index (χ3v) is 7.17. The van der Waals surface area contributed by atoms with Gasteiger partial charge < -0.3 is 46.0 Å². The fraction of sp³-hybridized carbons (Fsp3) is 0.750. The number of nitrogens with zero attached hydrogens (tertiary/aromatic N) is 1. The van der Waals surface area contributed by atoms with E-state index in [0.29, 0.717) is 12.1 Å². The minimum atomic E-state index is -4.87. The third-order valence-electron chi connectivity index (χ3n) is 6.68. The number of aliphatic hydroxyl groups excluding tert-OH is 3. The van der Waals surface area contributed by atoms with E-state index in [4.69, 9.17) is 30.7 Å². The number of nitrogens with two attached hydrogens (primary N) is 2. The summed E-state index contributed by atoms with van der Waals surface area (Å²) in [4.78, 5) is 27.6. The lowest BCUT2D eigenvalue weighted by Crippen LogP contribution is -2.60. The Bertz CT molecular complexity index is 893. The van der Waals surface area contributed by atoms with E-state index >= 15 is 0 Å². The summed E-state index contributed by atoms with van der Waals surface area (Å²) in [5, 5.41) is 40.5. The van der Waals surface area contributed by atoms with Gasteiger partial charge in [-0.25, -0.2) is 4.57 Å². The van der Waals surface area contributed by atoms with Crippen LogP contribution in [0.3, 0.4) is 0 Å². The molecule has 0 amide bonds. The monoisotopic (exact) mass is 579 g/mol. The average Bonchev–Trinajstić information content (AvgIpc) is 2.89. The largest absolute Gasteiger partial charge is 0.469 e. The van der Waals surface area contributed by atoms with E-state index in [1.54, 1.807) is 0 Å². The summed E-state index contributed by atoms with van der Waals surface area (Å²) in [6.45, 7) is -0.814. The van der Waals surface area contributed by atoms with Crippen molar-refractivity contribution in [2.75, 3.05) is 6.61 Å². The molecule has 0 bridgehead atoms. The summed E-state index contributed by atoms with van der Waals surface area (Å²) in [5.74, 6) is -0.269. The molecule has 4 rings (SSSR count). The van der Waals surface area contributed by atoms with E-state index in [2.05, 4.69) is 4.52 Å². The SMILES string of the molecule is NC1CCCCC1.NC1CCCCC1.O=[N+]([O-])c1ccccc1O[C@@H]1O[C@H](COP(=O)(O)O)[C@H](O)[C@H](O)[C@H]1O. The van der Waals surface area contributed by atoms with Crippen LogP contribution in [0.4, 0.5) is 5.69 Å². The van der Waals surface area contributed by atoms with E-state index in [9.17, 15) is 30.0 Å². The van der Waals surface area contributed by atoms with Gasteiger partial charge in [0.1, 0.15) is 24.4 Å². The van der Waals surface area contributed by atoms with Crippen LogP contribution in [0.15, 0.2) is 24.3 Å². The molecular weight excluding hydrogens is 537 g/mol. The Morgan fingerprint density at radius 1 is 0.897 bits per heavy atom. The Labute approximate surface area is 227 Å². The molecule has 1 saturated heterocycles. The van der Waals surface area contributed by atoms with Gasteiger partial charge in [0.2, 0.25) is 6.29 Å². The number of phosphoric ester groups is 1. The number of nitro groups is 1. The van der Waals surface area contributed by atoms with Crippen molar-refractivity contribution >= 4 is 13.5 Å². The second-order valence-electron chi connectivity index (χ2n) is 9.94. The molecule has 9 N–H and O–H groups in total. The Kier molecular flexibility index (Phi) is 14.2. The number of benzene rings is 1. The normalized spacial score (nSPS) is 28.3. The molecule has 1 heterocycles. The highest BCUT2D eigenvalue weighted by molar-refractivity contribution is 7.46. The summed E-state index contributed by atoms with van der Waals surface area (Å²) in [6, 6.07) is 6.26. The molecule has 2 saturated carbocycles. The summed E-state index contributed by atoms with van der Waals surface area (Å²) in [5.41, 5.74) is 10.8. The van der Waals surface area contributed by atoms with Gasteiger partial charge >= 0.3 is 13.5 Å². The standard InChI is InChI=1S/C12H16NO11P.2C6H13N/c14-9-8(5-22-25(19,20)21)24-12(11(16)10(9)15)23-7-4-2-1-3-6(7)13(17)18;2*7-6-4-2-1-3-5-6/h1-4,8-12,14-16H,5H2,(H2,19,20,21);2*6H,1-5,7H2/t8-,9+,10+,11-,12-;;/m1../s1. The lowest BCUT2D eigenvalue weighted by molar-refractivity contribution is -0.387. The van der Waals surface area contributed by atoms with E-state index < -0.39 is 55.7 Å². The fourth-order valence-corrected chi connectivity index (χ4v) is 4.76. The molecular formula is C24H42N3O11P. The van der Waals surface area contributed by atoms with Gasteiger partial charge in [-0.15, -0.1) is 0 Å². The maximum absolute atomic E-state index is 11.0. The molecule has 1 aromatic rings. The van der Waals surface area contributed by atoms with E-state index in [0.717, 1.165) is 6.07 Å². The van der Waals surface area contributed by atoms with Gasteiger partial charge in [-0.2, -0.15) is 0 Å². The lowest BCUT2D eigenvalue weighted by atomic mass is 9.97. The van der Waals surface area contributed by atoms with E-state index in [1.807, 2.05) is 0 Å². The zero-order valence-electron chi connectivity index (χ0n) is 21.9. The molecule has 0 aromatic heterocycles. The van der Waals surface area contributed by atoms with Crippen LogP contribution < -0.4 is 16.2 Å². The number of phosphoric acid groups is 1. The van der Waals surface area contributed by atoms with Crippen LogP contribution in [0.1, 0.15) is 64.2 Å². The van der Waals surface area contributed by atoms with Gasteiger partial charge in [0.15, 0.2) is 5.75 Å². The maximum atomic E-state index is 11.0. The number of para-hydroxylation sites is 2. The number of aliphatic hydroxyl groups is 3. The fourth-order valence-electron chi connectivity index (χ4n) is 4.42. The van der Waals surface area contributed by atoms with E-state index in [1.165, 1.54) is 82.4 Å². The first-order chi connectivity index (χ1) is 18.4. The lowest BCUT2D eigenvalue weighted by Gasteiger charge is -2.39. The molecule has 2 aliphatic carbocycles. The van der Waals surface area contributed by atoms with Crippen molar-refractivity contribution in [3.8, 4) is 5.75 Å². The summed E-state index contributed by atoms with van der Waals surface area (Å²) in [7, 11) is -4.87. The highest BCUT2D eigenvalue weighted by Gasteiger charge is 2.46. The van der Waals surface area contributed by atoms with Crippen molar-refractivity contribution < 1.29 is 48.6 Å². The van der Waals surface area contributed by atoms with Crippen LogP contribution in [-0.4, -0.2) is 79.4 Å². The van der Waals surface area contributed by atoms with Crippen molar-refractivity contribution in [3.05, 3.63) is 34.4 Å². The zero-order chi connectivity index (χ0) is 29.0. The minimum absolute atomic E-state index is 0.269. The topological polar surface area (TPSA) is 241 Å². The number of rotatable bonds is 6. The second kappa shape index (κ2) is 16.5. The highest BCUT2D eigenvalue weighted by Crippen LogP contribution is 2.37. The van der Waals surface area contributed by atoms with Crippen molar-refractivity contribution in [3.63, 3.8) is 0 Å². The summed E-state index contributed by atoms with van der Waals surface area (Å²) < 4.78 is 25.3. The number of hydrogen-bond donors (Lipinski definition) is 7. The van der Waals surface area contributed by atoms with Crippen LogP contribution in [-0.2, 0) is 13.8 Å². The molecule has 0 unspecified atom stereocenters. The Hall–Kier alpha value is -1.71. The first-order valence-corrected chi connectivity index (χ1v) is 14.7. The third kappa shape index (κ3) is 12.1. The molecule has 39 heavy (non-hydrogen) atoms. The summed E-state index contributed by atoms with van der Waals surface area (Å²) in [6.07, 6.45) is 4.91. The zero-order valence-corrected chi connectivity index (χ0v) is 22.8. The van der Waals surface area contributed by atoms with Crippen LogP contribution in [0.2, 0.25) is 0 Å². The molecule has 3 fully saturated rings. The molecule has 14 nitrogen and oxygen atoms in total. The van der Waals surface area contributed by atoms with Crippen molar-refractivity contribution in [2.45, 2.75) is 107 Å². The second-order valence-corrected chi connectivity index (χ2v) is 11.2. The minimum Gasteiger partial charge on any atom is -0.455 e. The molecule has 15 heteroatoms. The smallest absolute Gasteiger partial charge is 0.455 e. The first-order valence-electron chi connectivity index (χ1n) is 13.2. The highest BCUT2D eigenvalue weighted by atomic mass is 31.2. The predicted octanol–water partition coefficient (Wildman–Crippen LogP) is 1.45. The molecule has 5 atom stereocenters. The number of hydrogen-bond acceptors (Lipinski definition) is 11. The Morgan fingerprint density at radius 2 is 1.41 bits per heavy atom. The van der Waals surface area contributed by atoms with Crippen molar-refractivity contribution in [1.82, 2.24) is 0 Å². The molecule has 3 aliphatic rings. The van der Waals surface area contributed by atoms with Gasteiger partial charge in [0.25, 0.3) is 0 Å².